The number of nitrogens with zero attached hydrogens (tertiary/aromatic N) is 1. The first-order chi connectivity index (χ1) is 13.4. The van der Waals surface area contributed by atoms with Crippen molar-refractivity contribution in [1.82, 2.24) is 0 Å². The van der Waals surface area contributed by atoms with Crippen molar-refractivity contribution in [2.24, 2.45) is 0 Å². The maximum Gasteiger partial charge on any atom is 0.227 e. The van der Waals surface area contributed by atoms with Crippen LogP contribution >= 0.6 is 0 Å². The fourth-order valence-corrected chi connectivity index (χ4v) is 3.43. The van der Waals surface area contributed by atoms with Crippen LogP contribution < -0.4 is 9.30 Å². The molecule has 3 aromatic rings. The predicted molar refractivity (Wildman–Crippen MR) is 105 cm³/mol. The van der Waals surface area contributed by atoms with Crippen molar-refractivity contribution in [2.75, 3.05) is 0 Å². The molecule has 0 saturated heterocycles. The summed E-state index contributed by atoms with van der Waals surface area (Å²) in [7, 11) is 0. The number of ether oxygens (including phenoxy) is 2. The van der Waals surface area contributed by atoms with Gasteiger partial charge < -0.3 is 9.47 Å². The summed E-state index contributed by atoms with van der Waals surface area (Å²) in [6, 6.07) is 17.1. The van der Waals surface area contributed by atoms with Crippen molar-refractivity contribution in [3.8, 4) is 5.75 Å². The number of hydrogen-bond donors (Lipinski definition) is 0. The van der Waals surface area contributed by atoms with Crippen LogP contribution in [0.25, 0.3) is 0 Å². The Bertz CT molecular complexity index is 962. The zero-order valence-corrected chi connectivity index (χ0v) is 16.5. The molecule has 0 bridgehead atoms. The van der Waals surface area contributed by atoms with Crippen molar-refractivity contribution >= 4 is 0 Å². The standard InChI is InChI=1S/C24H25FNO2/c1-24(2,3)20-9-11-26(12-10-20)15-18-13-21(25)14-19-16-27-23(28-22(18)19)17-7-5-4-6-8-17/h4-14,23H,15-16H2,1-3H3/q+1/t23-/m1/s1. The Hall–Kier alpha value is -2.72. The molecule has 1 aliphatic rings. The predicted octanol–water partition coefficient (Wildman–Crippen LogP) is 5.07. The van der Waals surface area contributed by atoms with Gasteiger partial charge in [0.25, 0.3) is 0 Å². The van der Waals surface area contributed by atoms with Gasteiger partial charge in [0.2, 0.25) is 6.29 Å². The lowest BCUT2D eigenvalue weighted by molar-refractivity contribution is -0.688. The van der Waals surface area contributed by atoms with E-state index in [9.17, 15) is 4.39 Å². The molecule has 0 aliphatic carbocycles. The molecule has 1 aliphatic heterocycles. The Morgan fingerprint density at radius 2 is 1.75 bits per heavy atom. The van der Waals surface area contributed by atoms with Gasteiger partial charge >= 0.3 is 0 Å². The number of pyridine rings is 1. The highest BCUT2D eigenvalue weighted by Crippen LogP contribution is 2.36. The van der Waals surface area contributed by atoms with Crippen LogP contribution in [-0.2, 0) is 23.3 Å². The lowest BCUT2D eigenvalue weighted by Crippen LogP contribution is -2.34. The number of rotatable bonds is 3. The Balaban J connectivity index is 1.63. The van der Waals surface area contributed by atoms with Crippen LogP contribution in [0.15, 0.2) is 67.0 Å². The number of aromatic nitrogens is 1. The maximum absolute atomic E-state index is 14.2. The summed E-state index contributed by atoms with van der Waals surface area (Å²) in [6.07, 6.45) is 3.59. The van der Waals surface area contributed by atoms with Crippen LogP contribution in [0.5, 0.6) is 5.75 Å². The Morgan fingerprint density at radius 3 is 2.43 bits per heavy atom. The number of benzene rings is 2. The highest BCUT2D eigenvalue weighted by molar-refractivity contribution is 5.43. The first-order valence-corrected chi connectivity index (χ1v) is 9.54. The fraction of sp³-hybridized carbons (Fsp3) is 0.292. The van der Waals surface area contributed by atoms with Crippen LogP contribution in [-0.4, -0.2) is 0 Å². The van der Waals surface area contributed by atoms with E-state index in [4.69, 9.17) is 9.47 Å². The quantitative estimate of drug-likeness (QED) is 0.594. The zero-order chi connectivity index (χ0) is 19.7. The van der Waals surface area contributed by atoms with Crippen LogP contribution in [0, 0.1) is 5.82 Å². The average molecular weight is 378 g/mol. The van der Waals surface area contributed by atoms with Gasteiger partial charge in [-0.25, -0.2) is 8.96 Å². The van der Waals surface area contributed by atoms with Gasteiger partial charge in [-0.1, -0.05) is 51.1 Å². The number of fused-ring (bicyclic) bond motifs is 1. The third kappa shape index (κ3) is 3.92. The van der Waals surface area contributed by atoms with Gasteiger partial charge in [-0.3, -0.25) is 0 Å². The van der Waals surface area contributed by atoms with E-state index < -0.39 is 6.29 Å². The van der Waals surface area contributed by atoms with Gasteiger partial charge in [0.15, 0.2) is 18.9 Å². The highest BCUT2D eigenvalue weighted by Gasteiger charge is 2.26. The minimum absolute atomic E-state index is 0.0977. The molecule has 2 heterocycles. The molecule has 0 saturated carbocycles. The van der Waals surface area contributed by atoms with Crippen LogP contribution in [0.4, 0.5) is 4.39 Å². The summed E-state index contributed by atoms with van der Waals surface area (Å²) in [5, 5.41) is 0. The van der Waals surface area contributed by atoms with Gasteiger partial charge in [0, 0.05) is 23.3 Å². The topological polar surface area (TPSA) is 22.3 Å². The van der Waals surface area contributed by atoms with Gasteiger partial charge in [0.1, 0.15) is 11.6 Å². The van der Waals surface area contributed by atoms with E-state index in [1.165, 1.54) is 11.6 Å². The molecule has 4 heteroatoms. The molecular weight excluding hydrogens is 353 g/mol. The molecule has 0 unspecified atom stereocenters. The molecule has 3 nitrogen and oxygen atoms in total. The van der Waals surface area contributed by atoms with E-state index in [0.29, 0.717) is 18.9 Å². The molecule has 4 rings (SSSR count). The smallest absolute Gasteiger partial charge is 0.227 e. The molecule has 144 valence electrons. The van der Waals surface area contributed by atoms with Crippen molar-refractivity contribution < 1.29 is 18.4 Å². The summed E-state index contributed by atoms with van der Waals surface area (Å²) >= 11 is 0. The summed E-state index contributed by atoms with van der Waals surface area (Å²) in [5.41, 5.74) is 3.87. The Kier molecular flexibility index (Phi) is 4.90. The molecule has 1 aromatic heterocycles. The molecular formula is C24H25FNO2+. The van der Waals surface area contributed by atoms with Crippen LogP contribution in [0.3, 0.4) is 0 Å². The third-order valence-corrected chi connectivity index (χ3v) is 5.00. The lowest BCUT2D eigenvalue weighted by Gasteiger charge is -2.28. The van der Waals surface area contributed by atoms with Crippen LogP contribution in [0.2, 0.25) is 0 Å². The van der Waals surface area contributed by atoms with Crippen molar-refractivity contribution in [3.63, 3.8) is 0 Å². The first kappa shape index (κ1) is 18.6. The van der Waals surface area contributed by atoms with E-state index >= 15 is 0 Å². The summed E-state index contributed by atoms with van der Waals surface area (Å²) < 4.78 is 28.2. The zero-order valence-electron chi connectivity index (χ0n) is 16.5. The second-order valence-corrected chi connectivity index (χ2v) is 8.23. The maximum atomic E-state index is 14.2. The number of halogens is 1. The largest absolute Gasteiger partial charge is 0.460 e. The van der Waals surface area contributed by atoms with E-state index in [2.05, 4.69) is 32.9 Å². The first-order valence-electron chi connectivity index (χ1n) is 9.54. The highest BCUT2D eigenvalue weighted by atomic mass is 19.1. The van der Waals surface area contributed by atoms with Gasteiger partial charge in [-0.05, 0) is 23.1 Å². The van der Waals surface area contributed by atoms with Gasteiger partial charge in [-0.15, -0.1) is 0 Å². The molecule has 0 amide bonds. The van der Waals surface area contributed by atoms with E-state index in [0.717, 1.165) is 16.7 Å². The minimum Gasteiger partial charge on any atom is -0.460 e. The Morgan fingerprint density at radius 1 is 1.04 bits per heavy atom. The number of hydrogen-bond acceptors (Lipinski definition) is 2. The lowest BCUT2D eigenvalue weighted by atomic mass is 9.88. The second-order valence-electron chi connectivity index (χ2n) is 8.23. The molecule has 0 spiro atoms. The summed E-state index contributed by atoms with van der Waals surface area (Å²) in [5.74, 6) is 0.444. The van der Waals surface area contributed by atoms with Crippen molar-refractivity contribution in [1.29, 1.82) is 0 Å². The normalized spacial score (nSPS) is 16.4. The SMILES string of the molecule is CC(C)(C)c1cc[n+](Cc2cc(F)cc3c2O[C@H](c2ccccc2)OC3)cc1. The Labute approximate surface area is 165 Å². The average Bonchev–Trinajstić information content (AvgIpc) is 2.68. The molecule has 0 N–H and O–H groups in total. The monoisotopic (exact) mass is 378 g/mol. The molecule has 28 heavy (non-hydrogen) atoms. The van der Waals surface area contributed by atoms with Gasteiger partial charge in [0.05, 0.1) is 12.2 Å². The minimum atomic E-state index is -0.480. The van der Waals surface area contributed by atoms with E-state index in [-0.39, 0.29) is 11.2 Å². The second kappa shape index (κ2) is 7.36. The van der Waals surface area contributed by atoms with E-state index in [1.807, 2.05) is 47.3 Å². The third-order valence-electron chi connectivity index (χ3n) is 5.00. The molecule has 1 atom stereocenters. The molecule has 0 radical (unpaired) electrons. The molecule has 2 aromatic carbocycles. The summed E-state index contributed by atoms with van der Waals surface area (Å²) in [4.78, 5) is 0. The summed E-state index contributed by atoms with van der Waals surface area (Å²) in [6.45, 7) is 7.42. The van der Waals surface area contributed by atoms with Crippen LogP contribution in [0.1, 0.15) is 49.3 Å². The van der Waals surface area contributed by atoms with Crippen molar-refractivity contribution in [3.05, 3.63) is 95.1 Å². The van der Waals surface area contributed by atoms with Gasteiger partial charge in [-0.2, -0.15) is 0 Å². The van der Waals surface area contributed by atoms with Crippen molar-refractivity contribution in [2.45, 2.75) is 45.6 Å². The van der Waals surface area contributed by atoms with E-state index in [1.54, 1.807) is 6.07 Å². The fourth-order valence-electron chi connectivity index (χ4n) is 3.43. The molecule has 0 fully saturated rings.